The number of nitrogens with zero attached hydrogens (tertiary/aromatic N) is 3. The second kappa shape index (κ2) is 8.04. The van der Waals surface area contributed by atoms with Gasteiger partial charge in [0.25, 0.3) is 0 Å². The fourth-order valence-corrected chi connectivity index (χ4v) is 4.12. The molecule has 3 rings (SSSR count). The molecule has 0 spiro atoms. The predicted molar refractivity (Wildman–Crippen MR) is 109 cm³/mol. The van der Waals surface area contributed by atoms with Gasteiger partial charge in [-0.2, -0.15) is 4.31 Å². The lowest BCUT2D eigenvalue weighted by Crippen LogP contribution is -2.39. The van der Waals surface area contributed by atoms with Gasteiger partial charge in [0.05, 0.1) is 28.2 Å². The molecule has 12 heteroatoms. The first-order valence-corrected chi connectivity index (χ1v) is 10.3. The number of rotatable bonds is 5. The van der Waals surface area contributed by atoms with Crippen molar-refractivity contribution in [3.05, 3.63) is 68.7 Å². The number of anilines is 1. The number of aromatic nitrogens is 2. The first-order chi connectivity index (χ1) is 14.4. The molecule has 1 heterocycles. The van der Waals surface area contributed by atoms with Crippen LogP contribution in [0.1, 0.15) is 0 Å². The van der Waals surface area contributed by atoms with Gasteiger partial charge >= 0.3 is 11.1 Å². The monoisotopic (exact) mass is 452 g/mol. The van der Waals surface area contributed by atoms with E-state index < -0.39 is 50.9 Å². The minimum Gasteiger partial charge on any atom is -0.322 e. The first-order valence-electron chi connectivity index (χ1n) is 8.84. The van der Waals surface area contributed by atoms with Crippen molar-refractivity contribution in [2.45, 2.75) is 4.90 Å². The van der Waals surface area contributed by atoms with E-state index in [1.54, 1.807) is 0 Å². The summed E-state index contributed by atoms with van der Waals surface area (Å²) in [7, 11) is -0.315. The minimum atomic E-state index is -4.19. The van der Waals surface area contributed by atoms with Crippen LogP contribution in [-0.2, 0) is 28.9 Å². The third-order valence-electron chi connectivity index (χ3n) is 4.74. The molecule has 31 heavy (non-hydrogen) atoms. The number of carbonyl (C=O) groups excluding carboxylic acids is 1. The predicted octanol–water partition coefficient (Wildman–Crippen LogP) is 0.775. The van der Waals surface area contributed by atoms with Crippen molar-refractivity contribution in [2.75, 3.05) is 18.9 Å². The molecule has 1 amide bonds. The van der Waals surface area contributed by atoms with Crippen LogP contribution < -0.4 is 16.4 Å². The molecule has 0 fully saturated rings. The number of amides is 1. The molecule has 1 N–H and O–H groups in total. The number of fused-ring (bicyclic) bond motifs is 1. The summed E-state index contributed by atoms with van der Waals surface area (Å²) in [5, 5.41) is 2.12. The molecule has 0 aliphatic heterocycles. The van der Waals surface area contributed by atoms with Crippen molar-refractivity contribution in [2.24, 2.45) is 14.1 Å². The van der Waals surface area contributed by atoms with Gasteiger partial charge in [0.15, 0.2) is 0 Å². The lowest BCUT2D eigenvalue weighted by atomic mass is 10.3. The van der Waals surface area contributed by atoms with Crippen molar-refractivity contribution < 1.29 is 22.0 Å². The van der Waals surface area contributed by atoms with Crippen LogP contribution in [0.2, 0.25) is 0 Å². The third-order valence-corrected chi connectivity index (χ3v) is 6.54. The summed E-state index contributed by atoms with van der Waals surface area (Å²) in [6, 6.07) is 6.31. The topological polar surface area (TPSA) is 110 Å². The number of nitrogens with one attached hydrogen (secondary N) is 1. The van der Waals surface area contributed by atoms with Crippen LogP contribution in [0, 0.1) is 11.6 Å². The molecule has 9 nitrogen and oxygen atoms in total. The van der Waals surface area contributed by atoms with Crippen LogP contribution in [0.25, 0.3) is 11.0 Å². The Morgan fingerprint density at radius 3 is 2.26 bits per heavy atom. The molecule has 2 aromatic carbocycles. The molecule has 0 saturated heterocycles. The average molecular weight is 452 g/mol. The fraction of sp³-hybridized carbons (Fsp3) is 0.211. The average Bonchev–Trinajstić information content (AvgIpc) is 2.72. The second-order valence-corrected chi connectivity index (χ2v) is 8.86. The molecule has 0 bridgehead atoms. The Balaban J connectivity index is 1.91. The van der Waals surface area contributed by atoms with Crippen LogP contribution in [0.15, 0.2) is 50.9 Å². The van der Waals surface area contributed by atoms with Gasteiger partial charge in [0.1, 0.15) is 11.6 Å². The van der Waals surface area contributed by atoms with E-state index in [0.717, 1.165) is 38.7 Å². The summed E-state index contributed by atoms with van der Waals surface area (Å²) < 4.78 is 55.6. The van der Waals surface area contributed by atoms with E-state index in [1.165, 1.54) is 32.3 Å². The highest BCUT2D eigenvalue weighted by Crippen LogP contribution is 2.20. The quantitative estimate of drug-likeness (QED) is 0.575. The van der Waals surface area contributed by atoms with Gasteiger partial charge in [-0.15, -0.1) is 0 Å². The molecule has 0 saturated carbocycles. The maximum absolute atomic E-state index is 13.7. The van der Waals surface area contributed by atoms with E-state index >= 15 is 0 Å². The summed E-state index contributed by atoms with van der Waals surface area (Å²) in [5.74, 6) is -2.53. The van der Waals surface area contributed by atoms with Gasteiger partial charge in [0, 0.05) is 27.2 Å². The zero-order valence-electron chi connectivity index (χ0n) is 16.7. The number of sulfonamides is 1. The zero-order valence-corrected chi connectivity index (χ0v) is 17.5. The van der Waals surface area contributed by atoms with Gasteiger partial charge < -0.3 is 14.5 Å². The Morgan fingerprint density at radius 2 is 1.61 bits per heavy atom. The Bertz CT molecular complexity index is 1430. The van der Waals surface area contributed by atoms with Crippen molar-refractivity contribution in [1.82, 2.24) is 13.4 Å². The number of halogens is 2. The van der Waals surface area contributed by atoms with Gasteiger partial charge in [-0.25, -0.2) is 17.2 Å². The Morgan fingerprint density at radius 1 is 1.00 bits per heavy atom. The first kappa shape index (κ1) is 22.3. The summed E-state index contributed by atoms with van der Waals surface area (Å²) >= 11 is 0. The highest BCUT2D eigenvalue weighted by Gasteiger charge is 2.24. The van der Waals surface area contributed by atoms with E-state index in [4.69, 9.17) is 0 Å². The second-order valence-electron chi connectivity index (χ2n) is 6.81. The number of hydrogen-bond acceptors (Lipinski definition) is 5. The van der Waals surface area contributed by atoms with Crippen LogP contribution in [0.5, 0.6) is 0 Å². The molecule has 3 aromatic rings. The van der Waals surface area contributed by atoms with Crippen molar-refractivity contribution in [3.8, 4) is 0 Å². The highest BCUT2D eigenvalue weighted by atomic mass is 32.2. The molecule has 0 unspecified atom stereocenters. The Labute approximate surface area is 175 Å². The van der Waals surface area contributed by atoms with E-state index in [-0.39, 0.29) is 10.4 Å². The van der Waals surface area contributed by atoms with Crippen LogP contribution in [0.3, 0.4) is 0 Å². The van der Waals surface area contributed by atoms with E-state index in [9.17, 15) is 31.6 Å². The van der Waals surface area contributed by atoms with E-state index in [0.29, 0.717) is 5.52 Å². The SMILES string of the molecule is CN(CC(=O)Nc1cc(F)ccc1F)S(=O)(=O)c1ccc2c(c1)n(C)c(=O)c(=O)n2C. The Hall–Kier alpha value is -3.38. The van der Waals surface area contributed by atoms with Crippen molar-refractivity contribution >= 4 is 32.7 Å². The van der Waals surface area contributed by atoms with Crippen molar-refractivity contribution in [3.63, 3.8) is 0 Å². The maximum atomic E-state index is 13.7. The lowest BCUT2D eigenvalue weighted by molar-refractivity contribution is -0.116. The highest BCUT2D eigenvalue weighted by molar-refractivity contribution is 7.89. The fourth-order valence-electron chi connectivity index (χ4n) is 2.97. The molecule has 0 atom stereocenters. The van der Waals surface area contributed by atoms with E-state index in [2.05, 4.69) is 5.32 Å². The van der Waals surface area contributed by atoms with Gasteiger partial charge in [-0.3, -0.25) is 14.4 Å². The zero-order chi connectivity index (χ0) is 23.1. The summed E-state index contributed by atoms with van der Waals surface area (Å²) in [6.45, 7) is -0.678. The van der Waals surface area contributed by atoms with Crippen LogP contribution >= 0.6 is 0 Å². The molecule has 1 aromatic heterocycles. The number of aryl methyl sites for hydroxylation is 2. The minimum absolute atomic E-state index is 0.202. The third kappa shape index (κ3) is 4.11. The van der Waals surface area contributed by atoms with Gasteiger partial charge in [-0.05, 0) is 30.3 Å². The summed E-state index contributed by atoms with van der Waals surface area (Å²) in [6.07, 6.45) is 0. The molecule has 0 radical (unpaired) electrons. The summed E-state index contributed by atoms with van der Waals surface area (Å²) in [5.41, 5.74) is -1.46. The number of carbonyl (C=O) groups is 1. The van der Waals surface area contributed by atoms with Crippen LogP contribution in [-0.4, -0.2) is 41.4 Å². The van der Waals surface area contributed by atoms with Gasteiger partial charge in [-0.1, -0.05) is 0 Å². The number of likely N-dealkylation sites (N-methyl/N-ethyl adjacent to an activating group) is 1. The lowest BCUT2D eigenvalue weighted by Gasteiger charge is -2.18. The van der Waals surface area contributed by atoms with Gasteiger partial charge in [0.2, 0.25) is 15.9 Å². The smallest absolute Gasteiger partial charge is 0.316 e. The van der Waals surface area contributed by atoms with Crippen LogP contribution in [0.4, 0.5) is 14.5 Å². The normalized spacial score (nSPS) is 11.8. The standard InChI is InChI=1S/C19H18F2N4O5S/c1-23(10-17(26)22-14-8-11(20)4-6-13(14)21)31(29,30)12-5-7-15-16(9-12)25(3)19(28)18(27)24(15)2/h4-9H,10H2,1-3H3,(H,22,26). The largest absolute Gasteiger partial charge is 0.322 e. The summed E-state index contributed by atoms with van der Waals surface area (Å²) in [4.78, 5) is 35.9. The molecular weight excluding hydrogens is 434 g/mol. The maximum Gasteiger partial charge on any atom is 0.316 e. The molecular formula is C19H18F2N4O5S. The molecule has 0 aliphatic rings. The van der Waals surface area contributed by atoms with E-state index in [1.807, 2.05) is 0 Å². The molecule has 0 aliphatic carbocycles. The molecule has 164 valence electrons. The number of hydrogen-bond donors (Lipinski definition) is 1. The number of benzene rings is 2. The Kier molecular flexibility index (Phi) is 5.79. The van der Waals surface area contributed by atoms with Crippen molar-refractivity contribution in [1.29, 1.82) is 0 Å².